The lowest BCUT2D eigenvalue weighted by Gasteiger charge is -2.31. The molecule has 1 aliphatic rings. The summed E-state index contributed by atoms with van der Waals surface area (Å²) in [5, 5.41) is 3.06. The Morgan fingerprint density at radius 3 is 2.33 bits per heavy atom. The number of amides is 2. The van der Waals surface area contributed by atoms with Crippen LogP contribution in [0.15, 0.2) is 0 Å². The fourth-order valence-corrected chi connectivity index (χ4v) is 2.91. The van der Waals surface area contributed by atoms with Crippen molar-refractivity contribution in [2.75, 3.05) is 19.6 Å². The van der Waals surface area contributed by atoms with E-state index < -0.39 is 0 Å². The Hall–Kier alpha value is -0.810. The van der Waals surface area contributed by atoms with E-state index in [0.29, 0.717) is 32.0 Å². The van der Waals surface area contributed by atoms with Crippen LogP contribution >= 0.6 is 12.4 Å². The summed E-state index contributed by atoms with van der Waals surface area (Å²) >= 11 is 0. The van der Waals surface area contributed by atoms with E-state index in [1.807, 2.05) is 13.8 Å². The zero-order chi connectivity index (χ0) is 15.0. The molecule has 124 valence electrons. The fourth-order valence-electron chi connectivity index (χ4n) is 2.91. The minimum Gasteiger partial charge on any atom is -0.353 e. The smallest absolute Gasteiger partial charge is 0.223 e. The lowest BCUT2D eigenvalue weighted by molar-refractivity contribution is -0.133. The van der Waals surface area contributed by atoms with Crippen LogP contribution in [0, 0.1) is 5.92 Å². The fraction of sp³-hybridized carbons (Fsp3) is 0.867. The van der Waals surface area contributed by atoms with Gasteiger partial charge in [0, 0.05) is 32.0 Å². The molecule has 0 saturated heterocycles. The predicted octanol–water partition coefficient (Wildman–Crippen LogP) is 1.69. The van der Waals surface area contributed by atoms with Gasteiger partial charge in [-0.05, 0) is 39.2 Å². The number of halogens is 1. The van der Waals surface area contributed by atoms with Crippen molar-refractivity contribution in [1.82, 2.24) is 10.2 Å². The first kappa shape index (κ1) is 20.2. The van der Waals surface area contributed by atoms with Crippen LogP contribution in [0.5, 0.6) is 0 Å². The van der Waals surface area contributed by atoms with Gasteiger partial charge in [0.1, 0.15) is 0 Å². The van der Waals surface area contributed by atoms with Crippen molar-refractivity contribution >= 4 is 24.2 Å². The Morgan fingerprint density at radius 2 is 1.76 bits per heavy atom. The van der Waals surface area contributed by atoms with E-state index in [2.05, 4.69) is 5.32 Å². The molecule has 0 radical (unpaired) electrons. The van der Waals surface area contributed by atoms with Crippen molar-refractivity contribution < 1.29 is 9.59 Å². The summed E-state index contributed by atoms with van der Waals surface area (Å²) in [6.45, 7) is 5.94. The van der Waals surface area contributed by atoms with Gasteiger partial charge in [0.15, 0.2) is 0 Å². The predicted molar refractivity (Wildman–Crippen MR) is 87.4 cm³/mol. The van der Waals surface area contributed by atoms with Gasteiger partial charge >= 0.3 is 0 Å². The van der Waals surface area contributed by atoms with E-state index >= 15 is 0 Å². The first-order valence-corrected chi connectivity index (χ1v) is 7.89. The first-order valence-electron chi connectivity index (χ1n) is 7.89. The molecule has 0 aliphatic heterocycles. The quantitative estimate of drug-likeness (QED) is 0.750. The molecule has 1 fully saturated rings. The molecule has 0 aromatic heterocycles. The van der Waals surface area contributed by atoms with Gasteiger partial charge < -0.3 is 16.0 Å². The van der Waals surface area contributed by atoms with Gasteiger partial charge in [0.05, 0.1) is 0 Å². The van der Waals surface area contributed by atoms with Crippen molar-refractivity contribution in [1.29, 1.82) is 0 Å². The molecule has 2 unspecified atom stereocenters. The molecule has 5 nitrogen and oxygen atoms in total. The molecule has 2 atom stereocenters. The largest absolute Gasteiger partial charge is 0.353 e. The SMILES string of the molecule is CCN(CC)C(=O)CCC(=O)NC1CCCCC1CN.Cl. The summed E-state index contributed by atoms with van der Waals surface area (Å²) in [5.41, 5.74) is 5.76. The van der Waals surface area contributed by atoms with E-state index in [4.69, 9.17) is 5.73 Å². The van der Waals surface area contributed by atoms with Gasteiger partial charge in [-0.3, -0.25) is 9.59 Å². The molecule has 1 saturated carbocycles. The summed E-state index contributed by atoms with van der Waals surface area (Å²) < 4.78 is 0. The summed E-state index contributed by atoms with van der Waals surface area (Å²) in [6, 6.07) is 0.199. The monoisotopic (exact) mass is 319 g/mol. The van der Waals surface area contributed by atoms with E-state index in [1.54, 1.807) is 4.90 Å². The summed E-state index contributed by atoms with van der Waals surface area (Å²) in [5.74, 6) is 0.436. The highest BCUT2D eigenvalue weighted by atomic mass is 35.5. The number of nitrogens with two attached hydrogens (primary N) is 1. The molecular formula is C15H30ClN3O2. The van der Waals surface area contributed by atoms with Crippen LogP contribution in [0.4, 0.5) is 0 Å². The normalized spacial score (nSPS) is 21.3. The lowest BCUT2D eigenvalue weighted by atomic mass is 9.84. The Balaban J connectivity index is 0.00000400. The van der Waals surface area contributed by atoms with E-state index in [9.17, 15) is 9.59 Å². The molecule has 0 spiro atoms. The maximum absolute atomic E-state index is 12.0. The molecule has 3 N–H and O–H groups in total. The van der Waals surface area contributed by atoms with E-state index in [0.717, 1.165) is 19.3 Å². The van der Waals surface area contributed by atoms with Crippen molar-refractivity contribution in [3.8, 4) is 0 Å². The van der Waals surface area contributed by atoms with Crippen LogP contribution in [0.25, 0.3) is 0 Å². The topological polar surface area (TPSA) is 75.4 Å². The summed E-state index contributed by atoms with van der Waals surface area (Å²) in [6.07, 6.45) is 5.04. The zero-order valence-electron chi connectivity index (χ0n) is 13.3. The van der Waals surface area contributed by atoms with Gasteiger partial charge in [0.2, 0.25) is 11.8 Å². The van der Waals surface area contributed by atoms with Gasteiger partial charge in [-0.15, -0.1) is 12.4 Å². The molecular weight excluding hydrogens is 290 g/mol. The Kier molecular flexibility index (Phi) is 10.4. The van der Waals surface area contributed by atoms with Crippen LogP contribution in [0.3, 0.4) is 0 Å². The third-order valence-corrected chi connectivity index (χ3v) is 4.24. The van der Waals surface area contributed by atoms with E-state index in [-0.39, 0.29) is 36.7 Å². The average molecular weight is 320 g/mol. The molecule has 21 heavy (non-hydrogen) atoms. The Bertz CT molecular complexity index is 322. The first-order chi connectivity index (χ1) is 9.62. The van der Waals surface area contributed by atoms with Crippen molar-refractivity contribution in [3.05, 3.63) is 0 Å². The number of hydrogen-bond donors (Lipinski definition) is 2. The van der Waals surface area contributed by atoms with Gasteiger partial charge in [-0.25, -0.2) is 0 Å². The maximum Gasteiger partial charge on any atom is 0.223 e. The second kappa shape index (κ2) is 10.9. The third-order valence-electron chi connectivity index (χ3n) is 4.24. The van der Waals surface area contributed by atoms with E-state index in [1.165, 1.54) is 6.42 Å². The highest BCUT2D eigenvalue weighted by Gasteiger charge is 2.25. The molecule has 0 bridgehead atoms. The molecule has 6 heteroatoms. The minimum atomic E-state index is -0.0177. The van der Waals surface area contributed by atoms with Crippen LogP contribution in [-0.2, 0) is 9.59 Å². The van der Waals surface area contributed by atoms with Crippen LogP contribution < -0.4 is 11.1 Å². The van der Waals surface area contributed by atoms with Crippen molar-refractivity contribution in [3.63, 3.8) is 0 Å². The minimum absolute atomic E-state index is 0. The van der Waals surface area contributed by atoms with Gasteiger partial charge in [-0.1, -0.05) is 12.8 Å². The number of nitrogens with one attached hydrogen (secondary N) is 1. The molecule has 0 aromatic carbocycles. The molecule has 1 aliphatic carbocycles. The number of nitrogens with zero attached hydrogens (tertiary/aromatic N) is 1. The molecule has 0 heterocycles. The second-order valence-electron chi connectivity index (χ2n) is 5.52. The maximum atomic E-state index is 12.0. The molecule has 2 amide bonds. The number of carbonyl (C=O) groups excluding carboxylic acids is 2. The van der Waals surface area contributed by atoms with Gasteiger partial charge in [0.25, 0.3) is 0 Å². The Morgan fingerprint density at radius 1 is 1.14 bits per heavy atom. The van der Waals surface area contributed by atoms with Crippen LogP contribution in [-0.4, -0.2) is 42.4 Å². The third kappa shape index (κ3) is 6.66. The number of carbonyl (C=O) groups is 2. The van der Waals surface area contributed by atoms with Crippen LogP contribution in [0.2, 0.25) is 0 Å². The van der Waals surface area contributed by atoms with Crippen molar-refractivity contribution in [2.45, 2.75) is 58.4 Å². The highest BCUT2D eigenvalue weighted by molar-refractivity contribution is 5.85. The standard InChI is InChI=1S/C15H29N3O2.ClH/c1-3-18(4-2)15(20)10-9-14(19)17-13-8-6-5-7-12(13)11-16;/h12-13H,3-11,16H2,1-2H3,(H,17,19);1H. The highest BCUT2D eigenvalue weighted by Crippen LogP contribution is 2.23. The second-order valence-corrected chi connectivity index (χ2v) is 5.52. The van der Waals surface area contributed by atoms with Crippen LogP contribution in [0.1, 0.15) is 52.4 Å². The van der Waals surface area contributed by atoms with Gasteiger partial charge in [-0.2, -0.15) is 0 Å². The lowest BCUT2D eigenvalue weighted by Crippen LogP contribution is -2.45. The zero-order valence-corrected chi connectivity index (χ0v) is 14.1. The molecule has 0 aromatic rings. The average Bonchev–Trinajstić information content (AvgIpc) is 2.47. The number of rotatable bonds is 7. The van der Waals surface area contributed by atoms with Crippen molar-refractivity contribution in [2.24, 2.45) is 11.7 Å². The Labute approximate surface area is 134 Å². The summed E-state index contributed by atoms with van der Waals surface area (Å²) in [7, 11) is 0. The summed E-state index contributed by atoms with van der Waals surface area (Å²) in [4.78, 5) is 25.6. The number of hydrogen-bond acceptors (Lipinski definition) is 3. The molecule has 1 rings (SSSR count).